The average molecular weight is 632 g/mol. The number of amides is 1. The Kier molecular flexibility index (Phi) is 10.8. The lowest BCUT2D eigenvalue weighted by molar-refractivity contribution is -0.903. The Balaban J connectivity index is 0.00000387. The monoisotopic (exact) mass is 630 g/mol. The molecule has 0 radical (unpaired) electrons. The van der Waals surface area contributed by atoms with E-state index in [0.29, 0.717) is 23.2 Å². The third-order valence-electron chi connectivity index (χ3n) is 12.9. The Morgan fingerprint density at radius 3 is 2.46 bits per heavy atom. The van der Waals surface area contributed by atoms with Gasteiger partial charge in [-0.1, -0.05) is 51.1 Å². The first-order chi connectivity index (χ1) is 19.0. The normalized spacial score (nSPS) is 37.2. The van der Waals surface area contributed by atoms with Crippen LogP contribution in [0.5, 0.6) is 0 Å². The van der Waals surface area contributed by atoms with Crippen LogP contribution in [-0.2, 0) is 11.3 Å². The summed E-state index contributed by atoms with van der Waals surface area (Å²) in [6, 6.07) is 10.7. The first kappa shape index (κ1) is 33.0. The summed E-state index contributed by atoms with van der Waals surface area (Å²) in [5.41, 5.74) is 2.29. The lowest BCUT2D eigenvalue weighted by Crippen LogP contribution is -3.00. The molecule has 2 N–H and O–H groups in total. The van der Waals surface area contributed by atoms with Gasteiger partial charge in [0.2, 0.25) is 5.91 Å². The van der Waals surface area contributed by atoms with Crippen LogP contribution >= 0.6 is 0 Å². The number of halogens is 1. The second-order valence-electron chi connectivity index (χ2n) is 15.8. The quantitative estimate of drug-likeness (QED) is 0.301. The van der Waals surface area contributed by atoms with Crippen molar-refractivity contribution in [3.8, 4) is 0 Å². The molecular formula is C36H59BrN2O2. The molecule has 1 amide bonds. The summed E-state index contributed by atoms with van der Waals surface area (Å²) < 4.78 is 0.946. The number of hydrogen-bond donors (Lipinski definition) is 2. The van der Waals surface area contributed by atoms with Crippen molar-refractivity contribution < 1.29 is 31.4 Å². The van der Waals surface area contributed by atoms with Crippen LogP contribution in [0.25, 0.3) is 0 Å². The Labute approximate surface area is 261 Å². The topological polar surface area (TPSA) is 49.3 Å². The third-order valence-corrected chi connectivity index (χ3v) is 12.9. The van der Waals surface area contributed by atoms with Crippen LogP contribution in [0.15, 0.2) is 30.3 Å². The van der Waals surface area contributed by atoms with Crippen molar-refractivity contribution in [1.29, 1.82) is 0 Å². The first-order valence-electron chi connectivity index (χ1n) is 16.8. The van der Waals surface area contributed by atoms with E-state index < -0.39 is 0 Å². The number of benzene rings is 1. The molecule has 0 aromatic heterocycles. The molecular weight excluding hydrogens is 572 g/mol. The molecule has 4 aliphatic carbocycles. The molecule has 0 bridgehead atoms. The van der Waals surface area contributed by atoms with Crippen LogP contribution in [0.1, 0.15) is 103 Å². The lowest BCUT2D eigenvalue weighted by Gasteiger charge is -2.61. The van der Waals surface area contributed by atoms with E-state index in [2.05, 4.69) is 70.5 Å². The molecule has 1 aromatic carbocycles. The van der Waals surface area contributed by atoms with Gasteiger partial charge in [-0.3, -0.25) is 4.79 Å². The van der Waals surface area contributed by atoms with Crippen molar-refractivity contribution in [2.45, 2.75) is 110 Å². The second-order valence-corrected chi connectivity index (χ2v) is 15.8. The van der Waals surface area contributed by atoms with Crippen LogP contribution in [0, 0.1) is 46.3 Å². The van der Waals surface area contributed by atoms with Crippen LogP contribution < -0.4 is 22.3 Å². The van der Waals surface area contributed by atoms with E-state index in [1.54, 1.807) is 0 Å². The van der Waals surface area contributed by atoms with Gasteiger partial charge < -0.3 is 31.9 Å². The molecule has 4 aliphatic rings. The molecule has 5 heteroatoms. The Hall–Kier alpha value is -0.910. The van der Waals surface area contributed by atoms with E-state index in [4.69, 9.17) is 0 Å². The maximum atomic E-state index is 12.8. The van der Waals surface area contributed by atoms with Crippen molar-refractivity contribution in [1.82, 2.24) is 5.32 Å². The maximum Gasteiger partial charge on any atom is 0.220 e. The van der Waals surface area contributed by atoms with Crippen molar-refractivity contribution in [2.24, 2.45) is 46.3 Å². The minimum absolute atomic E-state index is 0. The van der Waals surface area contributed by atoms with E-state index in [1.165, 1.54) is 50.5 Å². The van der Waals surface area contributed by atoms with Gasteiger partial charge in [-0.05, 0) is 111 Å². The molecule has 9 atom stereocenters. The van der Waals surface area contributed by atoms with Gasteiger partial charge in [-0.15, -0.1) is 0 Å². The summed E-state index contributed by atoms with van der Waals surface area (Å²) >= 11 is 0. The van der Waals surface area contributed by atoms with Gasteiger partial charge >= 0.3 is 0 Å². The van der Waals surface area contributed by atoms with Gasteiger partial charge in [0.05, 0.1) is 26.7 Å². The van der Waals surface area contributed by atoms with Crippen LogP contribution in [0.2, 0.25) is 0 Å². The molecule has 232 valence electrons. The number of quaternary nitrogens is 1. The highest BCUT2D eigenvalue weighted by Gasteiger charge is 2.60. The van der Waals surface area contributed by atoms with Crippen molar-refractivity contribution >= 4 is 5.91 Å². The van der Waals surface area contributed by atoms with Gasteiger partial charge in [-0.25, -0.2) is 0 Å². The highest BCUT2D eigenvalue weighted by atomic mass is 79.9. The fraction of sp³-hybridized carbons (Fsp3) is 0.806. The predicted octanol–water partition coefficient (Wildman–Crippen LogP) is 4.21. The highest BCUT2D eigenvalue weighted by molar-refractivity contribution is 5.75. The minimum atomic E-state index is -0.0527. The minimum Gasteiger partial charge on any atom is -1.00 e. The van der Waals surface area contributed by atoms with Gasteiger partial charge in [0, 0.05) is 24.9 Å². The largest absolute Gasteiger partial charge is 1.00 e. The smallest absolute Gasteiger partial charge is 0.220 e. The number of carbonyl (C=O) groups is 1. The van der Waals surface area contributed by atoms with E-state index in [9.17, 15) is 9.90 Å². The highest BCUT2D eigenvalue weighted by Crippen LogP contribution is 2.68. The number of aliphatic hydroxyl groups excluding tert-OH is 1. The van der Waals surface area contributed by atoms with Crippen LogP contribution in [-0.4, -0.2) is 48.8 Å². The number of nitrogens with zero attached hydrogens (tertiary/aromatic N) is 1. The third kappa shape index (κ3) is 7.09. The maximum absolute atomic E-state index is 12.8. The second kappa shape index (κ2) is 13.4. The number of carbonyl (C=O) groups excluding carboxylic acids is 1. The summed E-state index contributed by atoms with van der Waals surface area (Å²) in [5, 5.41) is 13.6. The molecule has 0 saturated heterocycles. The molecule has 0 aliphatic heterocycles. The number of aliphatic hydroxyl groups is 1. The zero-order valence-corrected chi connectivity index (χ0v) is 28.3. The van der Waals surface area contributed by atoms with Gasteiger partial charge in [0.15, 0.2) is 0 Å². The summed E-state index contributed by atoms with van der Waals surface area (Å²) in [7, 11) is 4.57. The first-order valence-corrected chi connectivity index (χ1v) is 16.8. The molecule has 5 rings (SSSR count). The molecule has 4 fully saturated rings. The fourth-order valence-electron chi connectivity index (χ4n) is 10.8. The number of nitrogens with one attached hydrogen (secondary N) is 1. The summed E-state index contributed by atoms with van der Waals surface area (Å²) in [6.45, 7) is 10.6. The van der Waals surface area contributed by atoms with Gasteiger partial charge in [0.1, 0.15) is 6.54 Å². The SMILES string of the molecule is C[C@H](CCC(=O)NCCC[N+](C)(C)Cc1ccccc1)[C@H]1CCC2C3CCC4C[C@H](O)CC[C@]4(C)C3CC[C@@]21C.[Br-]. The average Bonchev–Trinajstić information content (AvgIpc) is 3.28. The summed E-state index contributed by atoms with van der Waals surface area (Å²) in [6.07, 6.45) is 14.2. The number of rotatable bonds is 10. The van der Waals surface area contributed by atoms with Crippen molar-refractivity contribution in [2.75, 3.05) is 27.2 Å². The van der Waals surface area contributed by atoms with Crippen LogP contribution in [0.4, 0.5) is 0 Å². The van der Waals surface area contributed by atoms with Crippen LogP contribution in [0.3, 0.4) is 0 Å². The fourth-order valence-corrected chi connectivity index (χ4v) is 10.8. The standard InChI is InChI=1S/C36H58N2O2.BrH/c1-26(12-17-34(40)37-22-9-23-38(4,5)25-27-10-7-6-8-11-27)31-15-16-32-30-14-13-28-24-29(39)18-20-35(28,2)33(30)19-21-36(31,32)3;/h6-8,10-11,26,28-33,39H,9,12-25H2,1-5H3;1H/t26-,28?,29-,30?,31-,32?,33?,35+,36-;/m1./s1. The molecule has 4 nitrogen and oxygen atoms in total. The number of hydrogen-bond acceptors (Lipinski definition) is 2. The van der Waals surface area contributed by atoms with E-state index >= 15 is 0 Å². The van der Waals surface area contributed by atoms with Crippen molar-refractivity contribution in [3.05, 3.63) is 35.9 Å². The van der Waals surface area contributed by atoms with E-state index in [0.717, 1.165) is 79.4 Å². The van der Waals surface area contributed by atoms with Gasteiger partial charge in [0.25, 0.3) is 0 Å². The molecule has 1 aromatic rings. The summed E-state index contributed by atoms with van der Waals surface area (Å²) in [5.74, 6) is 5.00. The molecule has 4 saturated carbocycles. The van der Waals surface area contributed by atoms with E-state index in [1.807, 2.05) is 0 Å². The molecule has 4 unspecified atom stereocenters. The molecule has 41 heavy (non-hydrogen) atoms. The Bertz CT molecular complexity index is 1000. The Morgan fingerprint density at radius 2 is 1.71 bits per heavy atom. The van der Waals surface area contributed by atoms with Gasteiger partial charge in [-0.2, -0.15) is 0 Å². The molecule has 0 heterocycles. The predicted molar refractivity (Wildman–Crippen MR) is 164 cm³/mol. The number of fused-ring (bicyclic) bond motifs is 5. The zero-order chi connectivity index (χ0) is 28.5. The zero-order valence-electron chi connectivity index (χ0n) is 26.7. The van der Waals surface area contributed by atoms with Crippen molar-refractivity contribution in [3.63, 3.8) is 0 Å². The van der Waals surface area contributed by atoms with E-state index in [-0.39, 0.29) is 29.0 Å². The lowest BCUT2D eigenvalue weighted by atomic mass is 9.44. The summed E-state index contributed by atoms with van der Waals surface area (Å²) in [4.78, 5) is 12.8. The Morgan fingerprint density at radius 1 is 1.00 bits per heavy atom. The molecule has 0 spiro atoms.